The van der Waals surface area contributed by atoms with Crippen molar-refractivity contribution in [1.82, 2.24) is 0 Å². The molecule has 0 atom stereocenters. The molecule has 0 heterocycles. The van der Waals surface area contributed by atoms with Gasteiger partial charge < -0.3 is 26.5 Å². The minimum atomic E-state index is -0.930. The van der Waals surface area contributed by atoms with Crippen LogP contribution < -0.4 is 22.3 Å². The van der Waals surface area contributed by atoms with E-state index in [0.717, 1.165) is 32.5 Å². The van der Waals surface area contributed by atoms with Gasteiger partial charge in [0.05, 0.1) is 25.3 Å². The first-order valence-electron chi connectivity index (χ1n) is 12.1. The van der Waals surface area contributed by atoms with Crippen molar-refractivity contribution in [2.24, 2.45) is 0 Å². The van der Waals surface area contributed by atoms with Crippen LogP contribution in [0.4, 0.5) is 0 Å². The van der Waals surface area contributed by atoms with Crippen LogP contribution in [0.3, 0.4) is 0 Å². The van der Waals surface area contributed by atoms with Gasteiger partial charge in [0, 0.05) is 20.5 Å². The van der Waals surface area contributed by atoms with E-state index in [4.69, 9.17) is 9.47 Å². The Bertz CT molecular complexity index is 506. The van der Waals surface area contributed by atoms with Crippen molar-refractivity contribution in [3.8, 4) is 0 Å². The molecule has 176 valence electrons. The van der Waals surface area contributed by atoms with E-state index in [9.17, 15) is 0 Å². The molecule has 0 saturated carbocycles. The number of benzene rings is 1. The summed E-state index contributed by atoms with van der Waals surface area (Å²) in [6.45, 7) is 13.4. The second-order valence-electron chi connectivity index (χ2n) is 9.18. The molecule has 0 bridgehead atoms. The first-order valence-corrected chi connectivity index (χ1v) is 15.2. The van der Waals surface area contributed by atoms with E-state index in [-0.39, 0.29) is 23.3 Å². The molecule has 0 aliphatic heterocycles. The summed E-state index contributed by atoms with van der Waals surface area (Å²) in [7, 11) is -0.930. The largest absolute Gasteiger partial charge is 1.00 e. The van der Waals surface area contributed by atoms with Crippen molar-refractivity contribution < 1.29 is 26.5 Å². The molecule has 2 nitrogen and oxygen atoms in total. The Labute approximate surface area is 199 Å². The SMILES string of the molecule is CCCCOC(CCCCCCCCc1ccccc1[P+](C)(C)C)OCCCC.[Br-]. The fraction of sp³-hybridized carbons (Fsp3) is 0.769. The highest BCUT2D eigenvalue weighted by Crippen LogP contribution is 2.46. The number of unbranched alkanes of at least 4 members (excludes halogenated alkanes) is 7. The van der Waals surface area contributed by atoms with Gasteiger partial charge in [0.1, 0.15) is 0 Å². The second kappa shape index (κ2) is 18.6. The van der Waals surface area contributed by atoms with E-state index in [2.05, 4.69) is 58.1 Å². The Morgan fingerprint density at radius 1 is 0.733 bits per heavy atom. The lowest BCUT2D eigenvalue weighted by atomic mass is 10.0. The molecule has 30 heavy (non-hydrogen) atoms. The molecule has 0 aromatic heterocycles. The minimum absolute atomic E-state index is 0. The van der Waals surface area contributed by atoms with E-state index in [0.29, 0.717) is 0 Å². The predicted molar refractivity (Wildman–Crippen MR) is 132 cm³/mol. The molecule has 0 N–H and O–H groups in total. The summed E-state index contributed by atoms with van der Waals surface area (Å²) in [6.07, 6.45) is 14.8. The lowest BCUT2D eigenvalue weighted by molar-refractivity contribution is -0.147. The molecule has 0 amide bonds. The van der Waals surface area contributed by atoms with Crippen molar-refractivity contribution in [1.29, 1.82) is 0 Å². The zero-order valence-electron chi connectivity index (χ0n) is 20.4. The number of aryl methyl sites for hydroxylation is 1. The predicted octanol–water partition coefficient (Wildman–Crippen LogP) is 4.46. The van der Waals surface area contributed by atoms with Gasteiger partial charge in [0.15, 0.2) is 6.29 Å². The maximum absolute atomic E-state index is 5.94. The van der Waals surface area contributed by atoms with Crippen LogP contribution >= 0.6 is 7.26 Å². The van der Waals surface area contributed by atoms with Crippen molar-refractivity contribution >= 4 is 12.6 Å². The molecule has 0 spiro atoms. The van der Waals surface area contributed by atoms with Gasteiger partial charge >= 0.3 is 0 Å². The van der Waals surface area contributed by atoms with Crippen LogP contribution in [0.15, 0.2) is 24.3 Å². The van der Waals surface area contributed by atoms with Gasteiger partial charge in [-0.15, -0.1) is 0 Å². The van der Waals surface area contributed by atoms with Gasteiger partial charge in [0.25, 0.3) is 0 Å². The summed E-state index contributed by atoms with van der Waals surface area (Å²) in [6, 6.07) is 9.11. The van der Waals surface area contributed by atoms with Gasteiger partial charge in [0.2, 0.25) is 0 Å². The summed E-state index contributed by atoms with van der Waals surface area (Å²) >= 11 is 0. The highest BCUT2D eigenvalue weighted by Gasteiger charge is 2.24. The molecular formula is C26H48BrO2P. The van der Waals surface area contributed by atoms with E-state index in [1.807, 2.05) is 0 Å². The van der Waals surface area contributed by atoms with Crippen molar-refractivity contribution in [3.63, 3.8) is 0 Å². The van der Waals surface area contributed by atoms with Crippen molar-refractivity contribution in [2.45, 2.75) is 97.2 Å². The molecule has 0 radical (unpaired) electrons. The van der Waals surface area contributed by atoms with Crippen LogP contribution in [0.1, 0.15) is 90.0 Å². The van der Waals surface area contributed by atoms with Gasteiger partial charge in [-0.3, -0.25) is 0 Å². The highest BCUT2D eigenvalue weighted by atomic mass is 79.9. The molecule has 1 rings (SSSR count). The zero-order chi connectivity index (χ0) is 21.4. The van der Waals surface area contributed by atoms with Gasteiger partial charge in [-0.05, 0) is 50.2 Å². The van der Waals surface area contributed by atoms with E-state index >= 15 is 0 Å². The van der Waals surface area contributed by atoms with Crippen molar-refractivity contribution in [3.05, 3.63) is 29.8 Å². The Morgan fingerprint density at radius 3 is 1.83 bits per heavy atom. The van der Waals surface area contributed by atoms with Crippen LogP contribution in [-0.4, -0.2) is 39.5 Å². The average Bonchev–Trinajstić information content (AvgIpc) is 2.69. The Hall–Kier alpha value is 0.0500. The highest BCUT2D eigenvalue weighted by molar-refractivity contribution is 7.81. The molecular weight excluding hydrogens is 455 g/mol. The van der Waals surface area contributed by atoms with Crippen LogP contribution in [-0.2, 0) is 15.9 Å². The summed E-state index contributed by atoms with van der Waals surface area (Å²) in [4.78, 5) is 0. The summed E-state index contributed by atoms with van der Waals surface area (Å²) in [5.41, 5.74) is 1.59. The monoisotopic (exact) mass is 502 g/mol. The fourth-order valence-corrected chi connectivity index (χ4v) is 5.22. The molecule has 4 heteroatoms. The maximum Gasteiger partial charge on any atom is 0.157 e. The first kappa shape index (κ1) is 30.0. The van der Waals surface area contributed by atoms with E-state index in [1.54, 1.807) is 10.9 Å². The van der Waals surface area contributed by atoms with Crippen LogP contribution in [0.5, 0.6) is 0 Å². The lowest BCUT2D eigenvalue weighted by Gasteiger charge is -2.18. The lowest BCUT2D eigenvalue weighted by Crippen LogP contribution is -3.00. The molecule has 0 aliphatic rings. The number of hydrogen-bond acceptors (Lipinski definition) is 2. The third-order valence-corrected chi connectivity index (χ3v) is 7.34. The number of rotatable bonds is 18. The molecule has 0 unspecified atom stereocenters. The van der Waals surface area contributed by atoms with Gasteiger partial charge in [-0.1, -0.05) is 70.6 Å². The van der Waals surface area contributed by atoms with E-state index < -0.39 is 7.26 Å². The molecule has 1 aromatic carbocycles. The molecule has 1 aromatic rings. The topological polar surface area (TPSA) is 18.5 Å². The Morgan fingerprint density at radius 2 is 1.27 bits per heavy atom. The normalized spacial score (nSPS) is 11.7. The van der Waals surface area contributed by atoms with Crippen LogP contribution in [0.25, 0.3) is 0 Å². The number of hydrogen-bond donors (Lipinski definition) is 0. The van der Waals surface area contributed by atoms with E-state index in [1.165, 1.54) is 57.8 Å². The Kier molecular flexibility index (Phi) is 18.6. The smallest absolute Gasteiger partial charge is 0.157 e. The van der Waals surface area contributed by atoms with Gasteiger partial charge in [-0.2, -0.15) is 0 Å². The standard InChI is InChI=1S/C26H48O2P.BrH/c1-6-8-22-27-26(28-23-9-7-2)21-15-13-11-10-12-14-18-24-19-16-17-20-25(24)29(3,4)5;/h16-17,19-20,26H,6-15,18,21-23H2,1-5H3;1H/q+1;/p-1. The first-order chi connectivity index (χ1) is 14.0. The minimum Gasteiger partial charge on any atom is -1.00 e. The second-order valence-corrected chi connectivity index (χ2v) is 13.7. The maximum atomic E-state index is 5.94. The van der Waals surface area contributed by atoms with Crippen LogP contribution in [0, 0.1) is 0 Å². The summed E-state index contributed by atoms with van der Waals surface area (Å²) in [5.74, 6) is 0. The average molecular weight is 504 g/mol. The zero-order valence-corrected chi connectivity index (χ0v) is 22.9. The quantitative estimate of drug-likeness (QED) is 0.167. The Balaban J connectivity index is 0.00000841. The van der Waals surface area contributed by atoms with Gasteiger partial charge in [-0.25, -0.2) is 0 Å². The van der Waals surface area contributed by atoms with Crippen LogP contribution in [0.2, 0.25) is 0 Å². The van der Waals surface area contributed by atoms with Crippen molar-refractivity contribution in [2.75, 3.05) is 33.2 Å². The molecule has 0 fully saturated rings. The number of ether oxygens (including phenoxy) is 2. The third-order valence-electron chi connectivity index (χ3n) is 5.45. The summed E-state index contributed by atoms with van der Waals surface area (Å²) < 4.78 is 11.9. The molecule has 0 saturated heterocycles. The fourth-order valence-electron chi connectivity index (χ4n) is 3.64. The summed E-state index contributed by atoms with van der Waals surface area (Å²) in [5, 5.41) is 1.62. The molecule has 0 aliphatic carbocycles. The number of halogens is 1. The third kappa shape index (κ3) is 14.2.